The van der Waals surface area contributed by atoms with Gasteiger partial charge >= 0.3 is 5.97 Å². The van der Waals surface area contributed by atoms with Gasteiger partial charge in [-0.1, -0.05) is 41.7 Å². The summed E-state index contributed by atoms with van der Waals surface area (Å²) < 4.78 is 5.36. The molecule has 2 rings (SSSR count). The Bertz CT molecular complexity index is 536. The lowest BCUT2D eigenvalue weighted by Gasteiger charge is -2.01. The predicted molar refractivity (Wildman–Crippen MR) is 71.9 cm³/mol. The normalized spacial score (nSPS) is 10.2. The van der Waals surface area contributed by atoms with Crippen molar-refractivity contribution in [2.45, 2.75) is 6.42 Å². The Kier molecular flexibility index (Phi) is 3.84. The van der Waals surface area contributed by atoms with Crippen molar-refractivity contribution in [3.05, 3.63) is 36.4 Å². The zero-order valence-electron chi connectivity index (χ0n) is 9.63. The van der Waals surface area contributed by atoms with Gasteiger partial charge < -0.3 is 15.6 Å². The van der Waals surface area contributed by atoms with Crippen LogP contribution in [0.5, 0.6) is 5.06 Å². The standard InChI is InChI=1S/C13H13NO3S/c14-10-8-11(9-4-2-1-3-5-9)18-13(10)17-7-6-12(15)16/h1-5,8H,6-7,14H2,(H,15,16). The summed E-state index contributed by atoms with van der Waals surface area (Å²) >= 11 is 1.42. The smallest absolute Gasteiger partial charge is 0.306 e. The fourth-order valence-corrected chi connectivity index (χ4v) is 2.44. The van der Waals surface area contributed by atoms with Crippen LogP contribution in [-0.4, -0.2) is 17.7 Å². The number of nitrogens with two attached hydrogens (primary N) is 1. The van der Waals surface area contributed by atoms with E-state index in [-0.39, 0.29) is 13.0 Å². The highest BCUT2D eigenvalue weighted by Gasteiger charge is 2.09. The van der Waals surface area contributed by atoms with Gasteiger partial charge in [0.15, 0.2) is 5.06 Å². The topological polar surface area (TPSA) is 72.5 Å². The number of carboxylic acids is 1. The SMILES string of the molecule is Nc1cc(-c2ccccc2)sc1OCCC(=O)O. The maximum absolute atomic E-state index is 10.4. The number of hydrogen-bond donors (Lipinski definition) is 2. The van der Waals surface area contributed by atoms with Gasteiger partial charge in [-0.2, -0.15) is 0 Å². The lowest BCUT2D eigenvalue weighted by molar-refractivity contribution is -0.137. The van der Waals surface area contributed by atoms with E-state index in [1.807, 2.05) is 36.4 Å². The molecule has 0 radical (unpaired) electrons. The number of rotatable bonds is 5. The molecule has 1 aromatic heterocycles. The summed E-state index contributed by atoms with van der Waals surface area (Å²) in [6.07, 6.45) is -0.0298. The summed E-state index contributed by atoms with van der Waals surface area (Å²) in [4.78, 5) is 11.4. The summed E-state index contributed by atoms with van der Waals surface area (Å²) in [5.41, 5.74) is 7.45. The third-order valence-corrected chi connectivity index (χ3v) is 3.44. The first-order valence-electron chi connectivity index (χ1n) is 5.46. The second-order valence-electron chi connectivity index (χ2n) is 3.71. The summed E-state index contributed by atoms with van der Waals surface area (Å²) in [5.74, 6) is -0.881. The lowest BCUT2D eigenvalue weighted by Crippen LogP contribution is -2.04. The van der Waals surface area contributed by atoms with Gasteiger partial charge in [0.1, 0.15) is 0 Å². The van der Waals surface area contributed by atoms with Crippen LogP contribution in [0.4, 0.5) is 5.69 Å². The van der Waals surface area contributed by atoms with E-state index in [9.17, 15) is 4.79 Å². The average Bonchev–Trinajstić information content (AvgIpc) is 2.72. The monoisotopic (exact) mass is 263 g/mol. The van der Waals surface area contributed by atoms with Crippen molar-refractivity contribution in [1.29, 1.82) is 0 Å². The Morgan fingerprint density at radius 3 is 2.72 bits per heavy atom. The van der Waals surface area contributed by atoms with Crippen molar-refractivity contribution in [1.82, 2.24) is 0 Å². The van der Waals surface area contributed by atoms with Gasteiger partial charge in [-0.15, -0.1) is 0 Å². The van der Waals surface area contributed by atoms with Crippen LogP contribution in [0.3, 0.4) is 0 Å². The van der Waals surface area contributed by atoms with Crippen LogP contribution in [0.2, 0.25) is 0 Å². The molecule has 3 N–H and O–H groups in total. The quantitative estimate of drug-likeness (QED) is 0.870. The van der Waals surface area contributed by atoms with E-state index in [1.54, 1.807) is 0 Å². The van der Waals surface area contributed by atoms with Gasteiger partial charge in [0.25, 0.3) is 0 Å². The molecule has 0 aliphatic heterocycles. The molecule has 0 aliphatic carbocycles. The van der Waals surface area contributed by atoms with Gasteiger partial charge in [0.05, 0.1) is 18.7 Å². The molecule has 0 fully saturated rings. The van der Waals surface area contributed by atoms with Crippen molar-refractivity contribution in [3.63, 3.8) is 0 Å². The van der Waals surface area contributed by atoms with E-state index in [1.165, 1.54) is 11.3 Å². The molecular weight excluding hydrogens is 250 g/mol. The molecule has 0 aliphatic rings. The number of nitrogen functional groups attached to an aromatic ring is 1. The minimum atomic E-state index is -0.881. The summed E-state index contributed by atoms with van der Waals surface area (Å²) in [5, 5.41) is 9.11. The fraction of sp³-hybridized carbons (Fsp3) is 0.154. The van der Waals surface area contributed by atoms with Crippen LogP contribution >= 0.6 is 11.3 Å². The number of benzene rings is 1. The van der Waals surface area contributed by atoms with Crippen LogP contribution in [-0.2, 0) is 4.79 Å². The van der Waals surface area contributed by atoms with E-state index in [0.717, 1.165) is 10.4 Å². The van der Waals surface area contributed by atoms with Crippen molar-refractivity contribution >= 4 is 23.0 Å². The second kappa shape index (κ2) is 5.55. The Morgan fingerprint density at radius 1 is 1.33 bits per heavy atom. The molecule has 94 valence electrons. The van der Waals surface area contributed by atoms with Gasteiger partial charge in [0.2, 0.25) is 0 Å². The number of ether oxygens (including phenoxy) is 1. The summed E-state index contributed by atoms with van der Waals surface area (Å²) in [6, 6.07) is 11.7. The Hall–Kier alpha value is -2.01. The molecule has 0 unspecified atom stereocenters. The second-order valence-corrected chi connectivity index (χ2v) is 4.73. The molecule has 1 aromatic carbocycles. The fourth-order valence-electron chi connectivity index (χ4n) is 1.48. The molecule has 4 nitrogen and oxygen atoms in total. The van der Waals surface area contributed by atoms with Crippen molar-refractivity contribution in [2.24, 2.45) is 0 Å². The van der Waals surface area contributed by atoms with E-state index in [2.05, 4.69) is 0 Å². The Labute approximate surface area is 109 Å². The molecule has 5 heteroatoms. The van der Waals surface area contributed by atoms with Crippen LogP contribution < -0.4 is 10.5 Å². The number of carbonyl (C=O) groups is 1. The predicted octanol–water partition coefficient (Wildman–Crippen LogP) is 2.85. The minimum absolute atomic E-state index is 0.0298. The highest BCUT2D eigenvalue weighted by molar-refractivity contribution is 7.17. The van der Waals surface area contributed by atoms with Crippen LogP contribution in [0.15, 0.2) is 36.4 Å². The van der Waals surface area contributed by atoms with Crippen molar-refractivity contribution in [2.75, 3.05) is 12.3 Å². The van der Waals surface area contributed by atoms with Crippen LogP contribution in [0.25, 0.3) is 10.4 Å². The number of hydrogen-bond acceptors (Lipinski definition) is 4. The molecule has 0 spiro atoms. The molecule has 2 aromatic rings. The third kappa shape index (κ3) is 3.01. The van der Waals surface area contributed by atoms with E-state index >= 15 is 0 Å². The number of carboxylic acid groups (broad SMARTS) is 1. The zero-order valence-corrected chi connectivity index (χ0v) is 10.4. The minimum Gasteiger partial charge on any atom is -0.482 e. The molecule has 0 bridgehead atoms. The summed E-state index contributed by atoms with van der Waals surface area (Å²) in [6.45, 7) is 0.133. The molecule has 0 saturated carbocycles. The van der Waals surface area contributed by atoms with Crippen molar-refractivity contribution < 1.29 is 14.6 Å². The first kappa shape index (κ1) is 12.4. The molecule has 0 saturated heterocycles. The van der Waals surface area contributed by atoms with Crippen LogP contribution in [0, 0.1) is 0 Å². The molecular formula is C13H13NO3S. The largest absolute Gasteiger partial charge is 0.482 e. The third-order valence-electron chi connectivity index (χ3n) is 2.33. The average molecular weight is 263 g/mol. The first-order valence-corrected chi connectivity index (χ1v) is 6.28. The van der Waals surface area contributed by atoms with Crippen LogP contribution in [0.1, 0.15) is 6.42 Å². The number of aliphatic carboxylic acids is 1. The molecule has 0 amide bonds. The Balaban J connectivity index is 2.10. The maximum atomic E-state index is 10.4. The number of thiophene rings is 1. The first-order chi connectivity index (χ1) is 8.66. The Morgan fingerprint density at radius 2 is 2.06 bits per heavy atom. The maximum Gasteiger partial charge on any atom is 0.306 e. The van der Waals surface area contributed by atoms with Gasteiger partial charge in [-0.3, -0.25) is 4.79 Å². The van der Waals surface area contributed by atoms with E-state index in [4.69, 9.17) is 15.6 Å². The van der Waals surface area contributed by atoms with Gasteiger partial charge in [0, 0.05) is 4.88 Å². The molecule has 0 atom stereocenters. The summed E-state index contributed by atoms with van der Waals surface area (Å²) in [7, 11) is 0. The molecule has 18 heavy (non-hydrogen) atoms. The van der Waals surface area contributed by atoms with E-state index in [0.29, 0.717) is 10.8 Å². The zero-order chi connectivity index (χ0) is 13.0. The lowest BCUT2D eigenvalue weighted by atomic mass is 10.2. The molecule has 1 heterocycles. The highest BCUT2D eigenvalue weighted by Crippen LogP contribution is 2.38. The van der Waals surface area contributed by atoms with Crippen molar-refractivity contribution in [3.8, 4) is 15.5 Å². The number of anilines is 1. The highest BCUT2D eigenvalue weighted by atomic mass is 32.1. The van der Waals surface area contributed by atoms with Gasteiger partial charge in [-0.05, 0) is 11.6 Å². The van der Waals surface area contributed by atoms with E-state index < -0.39 is 5.97 Å². The van der Waals surface area contributed by atoms with Gasteiger partial charge in [-0.25, -0.2) is 0 Å².